The van der Waals surface area contributed by atoms with Crippen molar-refractivity contribution in [2.75, 3.05) is 26.9 Å². The summed E-state index contributed by atoms with van der Waals surface area (Å²) in [5.41, 5.74) is 0. The summed E-state index contributed by atoms with van der Waals surface area (Å²) in [6, 6.07) is -0.305. The Kier molecular flexibility index (Phi) is 4.14. The highest BCUT2D eigenvalue weighted by Crippen LogP contribution is 2.05. The summed E-state index contributed by atoms with van der Waals surface area (Å²) in [6.07, 6.45) is 0. The van der Waals surface area contributed by atoms with Crippen molar-refractivity contribution in [1.82, 2.24) is 4.90 Å². The van der Waals surface area contributed by atoms with Crippen LogP contribution in [0.15, 0.2) is 0 Å². The molecule has 5 nitrogen and oxygen atoms in total. The quantitative estimate of drug-likeness (QED) is 0.592. The monoisotopic (exact) mass is 189 g/mol. The van der Waals surface area contributed by atoms with Gasteiger partial charge in [0.15, 0.2) is 0 Å². The average molecular weight is 189 g/mol. The maximum Gasteiger partial charge on any atom is 0.323 e. The predicted molar refractivity (Wildman–Crippen MR) is 44.7 cm³/mol. The number of carbonyl (C=O) groups is 1. The van der Waals surface area contributed by atoms with Crippen molar-refractivity contribution >= 4 is 5.97 Å². The van der Waals surface area contributed by atoms with E-state index in [1.165, 1.54) is 0 Å². The van der Waals surface area contributed by atoms with Crippen molar-refractivity contribution in [2.24, 2.45) is 0 Å². The molecule has 13 heavy (non-hydrogen) atoms. The molecule has 0 spiro atoms. The van der Waals surface area contributed by atoms with Crippen LogP contribution in [-0.4, -0.2) is 43.8 Å². The van der Waals surface area contributed by atoms with Gasteiger partial charge in [-0.15, -0.1) is 0 Å². The van der Waals surface area contributed by atoms with E-state index < -0.39 is 0 Å². The lowest BCUT2D eigenvalue weighted by molar-refractivity contribution is -0.200. The molecule has 0 aromatic heterocycles. The Balaban J connectivity index is 2.35. The summed E-state index contributed by atoms with van der Waals surface area (Å²) in [5, 5.41) is 0. The van der Waals surface area contributed by atoms with Gasteiger partial charge in [0.2, 0.25) is 0 Å². The number of rotatable bonds is 3. The molecule has 0 aromatic rings. The Bertz CT molecular complexity index is 168. The molecule has 1 aliphatic heterocycles. The molecule has 0 aromatic carbocycles. The van der Waals surface area contributed by atoms with Crippen LogP contribution in [0.25, 0.3) is 0 Å². The zero-order valence-electron chi connectivity index (χ0n) is 7.99. The van der Waals surface area contributed by atoms with E-state index in [1.54, 1.807) is 18.7 Å². The van der Waals surface area contributed by atoms with Gasteiger partial charge >= 0.3 is 5.97 Å². The highest BCUT2D eigenvalue weighted by atomic mass is 16.7. The molecule has 5 heteroatoms. The van der Waals surface area contributed by atoms with E-state index in [9.17, 15) is 4.79 Å². The Morgan fingerprint density at radius 1 is 1.54 bits per heavy atom. The molecule has 0 saturated carbocycles. The summed E-state index contributed by atoms with van der Waals surface area (Å²) >= 11 is 0. The molecule has 1 rings (SSSR count). The molecule has 0 amide bonds. The highest BCUT2D eigenvalue weighted by Gasteiger charge is 2.24. The van der Waals surface area contributed by atoms with Gasteiger partial charge < -0.3 is 14.2 Å². The van der Waals surface area contributed by atoms with E-state index >= 15 is 0 Å². The van der Waals surface area contributed by atoms with Crippen LogP contribution in [0.5, 0.6) is 0 Å². The molecule has 1 fully saturated rings. The van der Waals surface area contributed by atoms with Crippen LogP contribution in [0.4, 0.5) is 0 Å². The molecular formula is C8H15NO4. The first kappa shape index (κ1) is 10.4. The molecule has 0 aliphatic carbocycles. The summed E-state index contributed by atoms with van der Waals surface area (Å²) in [7, 11) is 0. The number of esters is 1. The summed E-state index contributed by atoms with van der Waals surface area (Å²) in [4.78, 5) is 13.0. The Labute approximate surface area is 77.6 Å². The summed E-state index contributed by atoms with van der Waals surface area (Å²) in [6.45, 7) is 5.09. The Morgan fingerprint density at radius 3 is 2.69 bits per heavy atom. The van der Waals surface area contributed by atoms with Crippen molar-refractivity contribution < 1.29 is 19.0 Å². The molecule has 0 radical (unpaired) electrons. The van der Waals surface area contributed by atoms with E-state index in [0.29, 0.717) is 26.9 Å². The van der Waals surface area contributed by atoms with Crippen LogP contribution in [0.1, 0.15) is 13.8 Å². The van der Waals surface area contributed by atoms with E-state index in [2.05, 4.69) is 0 Å². The molecule has 0 unspecified atom stereocenters. The fraction of sp³-hybridized carbons (Fsp3) is 0.875. The number of hydrogen-bond acceptors (Lipinski definition) is 5. The van der Waals surface area contributed by atoms with E-state index in [-0.39, 0.29) is 12.0 Å². The molecule has 0 bridgehead atoms. The van der Waals surface area contributed by atoms with Gasteiger partial charge in [0.25, 0.3) is 0 Å². The van der Waals surface area contributed by atoms with Gasteiger partial charge in [-0.2, -0.15) is 0 Å². The molecule has 76 valence electrons. The molecular weight excluding hydrogens is 174 g/mol. The molecule has 1 heterocycles. The molecule has 0 N–H and O–H groups in total. The van der Waals surface area contributed by atoms with E-state index in [0.717, 1.165) is 0 Å². The maximum atomic E-state index is 11.3. The van der Waals surface area contributed by atoms with Crippen LogP contribution < -0.4 is 0 Å². The second kappa shape index (κ2) is 5.16. The third kappa shape index (κ3) is 2.95. The normalized spacial score (nSPS) is 21.1. The minimum absolute atomic E-state index is 0.239. The first-order chi connectivity index (χ1) is 6.25. The smallest absolute Gasteiger partial charge is 0.323 e. The second-order valence-electron chi connectivity index (χ2n) is 2.80. The zero-order chi connectivity index (χ0) is 9.68. The minimum Gasteiger partial charge on any atom is -0.465 e. The third-order valence-corrected chi connectivity index (χ3v) is 1.86. The molecule has 1 atom stereocenters. The Morgan fingerprint density at radius 2 is 2.15 bits per heavy atom. The summed E-state index contributed by atoms with van der Waals surface area (Å²) in [5.74, 6) is -0.239. The zero-order valence-corrected chi connectivity index (χ0v) is 7.99. The van der Waals surface area contributed by atoms with Crippen molar-refractivity contribution in [1.29, 1.82) is 0 Å². The number of hydrogen-bond donors (Lipinski definition) is 0. The van der Waals surface area contributed by atoms with Crippen LogP contribution in [0, 0.1) is 0 Å². The van der Waals surface area contributed by atoms with Gasteiger partial charge in [-0.25, -0.2) is 4.90 Å². The van der Waals surface area contributed by atoms with Gasteiger partial charge in [0, 0.05) is 0 Å². The second-order valence-corrected chi connectivity index (χ2v) is 2.80. The van der Waals surface area contributed by atoms with Crippen molar-refractivity contribution in [3.63, 3.8) is 0 Å². The largest absolute Gasteiger partial charge is 0.465 e. The first-order valence-electron chi connectivity index (χ1n) is 4.32. The van der Waals surface area contributed by atoms with Gasteiger partial charge in [0.05, 0.1) is 6.61 Å². The van der Waals surface area contributed by atoms with Gasteiger partial charge in [-0.3, -0.25) is 4.79 Å². The topological polar surface area (TPSA) is 48.0 Å². The van der Waals surface area contributed by atoms with Gasteiger partial charge in [-0.1, -0.05) is 0 Å². The van der Waals surface area contributed by atoms with Gasteiger partial charge in [-0.05, 0) is 13.8 Å². The fourth-order valence-corrected chi connectivity index (χ4v) is 1.04. The lowest BCUT2D eigenvalue weighted by Crippen LogP contribution is -2.45. The Hall–Kier alpha value is -0.650. The van der Waals surface area contributed by atoms with Crippen molar-refractivity contribution in [3.05, 3.63) is 0 Å². The van der Waals surface area contributed by atoms with E-state index in [4.69, 9.17) is 14.2 Å². The lowest BCUT2D eigenvalue weighted by atomic mass is 10.3. The third-order valence-electron chi connectivity index (χ3n) is 1.86. The van der Waals surface area contributed by atoms with E-state index in [1.807, 2.05) is 0 Å². The minimum atomic E-state index is -0.305. The van der Waals surface area contributed by atoms with Gasteiger partial charge in [0.1, 0.15) is 26.3 Å². The van der Waals surface area contributed by atoms with Crippen molar-refractivity contribution in [2.45, 2.75) is 19.9 Å². The van der Waals surface area contributed by atoms with Crippen molar-refractivity contribution in [3.8, 4) is 0 Å². The van der Waals surface area contributed by atoms with Crippen LogP contribution in [0.2, 0.25) is 0 Å². The first-order valence-corrected chi connectivity index (χ1v) is 4.32. The maximum absolute atomic E-state index is 11.3. The number of nitrogens with zero attached hydrogens (tertiary/aromatic N) is 1. The SMILES string of the molecule is CCOC(=O)[C@H](C)N1COCOC1. The molecule has 1 saturated heterocycles. The lowest BCUT2D eigenvalue weighted by Gasteiger charge is -2.30. The van der Waals surface area contributed by atoms with Crippen LogP contribution >= 0.6 is 0 Å². The fourth-order valence-electron chi connectivity index (χ4n) is 1.04. The number of ether oxygens (including phenoxy) is 3. The predicted octanol–water partition coefficient (Wildman–Crippen LogP) is 0.159. The average Bonchev–Trinajstić information content (AvgIpc) is 2.18. The highest BCUT2D eigenvalue weighted by molar-refractivity contribution is 5.75. The number of carbonyl (C=O) groups excluding carboxylic acids is 1. The standard InChI is InChI=1S/C8H15NO4/c1-3-13-8(10)7(2)9-4-11-6-12-5-9/h7H,3-6H2,1-2H3/t7-/m0/s1. The van der Waals surface area contributed by atoms with Crippen LogP contribution in [-0.2, 0) is 19.0 Å². The summed E-state index contributed by atoms with van der Waals surface area (Å²) < 4.78 is 14.9. The molecule has 1 aliphatic rings. The van der Waals surface area contributed by atoms with Crippen LogP contribution in [0.3, 0.4) is 0 Å².